The number of non-ortho nitro benzene ring substituents is 1. The highest BCUT2D eigenvalue weighted by Gasteiger charge is 2.37. The lowest BCUT2D eigenvalue weighted by Crippen LogP contribution is -2.54. The number of urea groups is 1. The fourth-order valence-electron chi connectivity index (χ4n) is 3.76. The summed E-state index contributed by atoms with van der Waals surface area (Å²) >= 11 is 3.38. The number of unbranched alkanes of at least 4 members (excludes halogenated alkanes) is 1. The lowest BCUT2D eigenvalue weighted by Gasteiger charge is -2.26. The molecule has 1 fully saturated rings. The van der Waals surface area contributed by atoms with Gasteiger partial charge in [0.05, 0.1) is 17.2 Å². The van der Waals surface area contributed by atoms with Gasteiger partial charge in [0, 0.05) is 22.2 Å². The maximum absolute atomic E-state index is 13.4. The summed E-state index contributed by atoms with van der Waals surface area (Å²) in [6.45, 7) is 2.62. The van der Waals surface area contributed by atoms with Crippen LogP contribution in [0.25, 0.3) is 6.08 Å². The van der Waals surface area contributed by atoms with Crippen molar-refractivity contribution < 1.29 is 28.8 Å². The second-order valence-corrected chi connectivity index (χ2v) is 9.47. The summed E-state index contributed by atoms with van der Waals surface area (Å²) in [5, 5.41) is 13.3. The van der Waals surface area contributed by atoms with E-state index in [9.17, 15) is 24.5 Å². The molecule has 0 aromatic heterocycles. The topological polar surface area (TPSA) is 128 Å². The summed E-state index contributed by atoms with van der Waals surface area (Å²) in [4.78, 5) is 50.1. The van der Waals surface area contributed by atoms with E-state index in [1.807, 2.05) is 0 Å². The summed E-state index contributed by atoms with van der Waals surface area (Å²) in [7, 11) is 0. The number of hydrogen-bond donors (Lipinski definition) is 1. The number of nitro benzene ring substituents is 1. The van der Waals surface area contributed by atoms with Crippen molar-refractivity contribution in [3.8, 4) is 11.5 Å². The molecular weight excluding hydrogens is 570 g/mol. The minimum absolute atomic E-state index is 0.0108. The SMILES string of the molecule is CCCCOc1ccc(N2C(=O)NC(=O)/C(=C/c3cc(Br)ccc3OCc3cccc([N+](=O)[O-])c3)C2=O)cc1. The molecule has 11 heteroatoms. The molecular formula is C28H24BrN3O7. The summed E-state index contributed by atoms with van der Waals surface area (Å²) in [6.07, 6.45) is 3.23. The molecule has 1 aliphatic heterocycles. The molecule has 4 rings (SSSR count). The normalized spacial score (nSPS) is 14.4. The van der Waals surface area contributed by atoms with Crippen LogP contribution >= 0.6 is 15.9 Å². The first-order chi connectivity index (χ1) is 18.8. The van der Waals surface area contributed by atoms with Crippen LogP contribution in [-0.4, -0.2) is 29.4 Å². The van der Waals surface area contributed by atoms with Crippen molar-refractivity contribution in [1.29, 1.82) is 0 Å². The monoisotopic (exact) mass is 593 g/mol. The smallest absolute Gasteiger partial charge is 0.335 e. The van der Waals surface area contributed by atoms with Crippen molar-refractivity contribution in [1.82, 2.24) is 5.32 Å². The van der Waals surface area contributed by atoms with Gasteiger partial charge < -0.3 is 9.47 Å². The van der Waals surface area contributed by atoms with Crippen LogP contribution in [0.15, 0.2) is 76.8 Å². The molecule has 1 heterocycles. The van der Waals surface area contributed by atoms with Gasteiger partial charge in [-0.15, -0.1) is 0 Å². The molecule has 0 bridgehead atoms. The third kappa shape index (κ3) is 6.68. The number of anilines is 1. The maximum Gasteiger partial charge on any atom is 0.335 e. The molecule has 0 spiro atoms. The van der Waals surface area contributed by atoms with Gasteiger partial charge >= 0.3 is 6.03 Å². The van der Waals surface area contributed by atoms with E-state index in [0.29, 0.717) is 33.7 Å². The summed E-state index contributed by atoms with van der Waals surface area (Å²) in [6, 6.07) is 16.6. The number of ether oxygens (including phenoxy) is 2. The molecule has 39 heavy (non-hydrogen) atoms. The van der Waals surface area contributed by atoms with Crippen LogP contribution in [0.5, 0.6) is 11.5 Å². The third-order valence-electron chi connectivity index (χ3n) is 5.75. The second kappa shape index (κ2) is 12.4. The molecule has 1 aliphatic rings. The Hall–Kier alpha value is -4.51. The number of carbonyl (C=O) groups is 3. The molecule has 0 atom stereocenters. The fraction of sp³-hybridized carbons (Fsp3) is 0.179. The van der Waals surface area contributed by atoms with Gasteiger partial charge in [0.2, 0.25) is 0 Å². The highest BCUT2D eigenvalue weighted by atomic mass is 79.9. The van der Waals surface area contributed by atoms with E-state index in [-0.39, 0.29) is 23.6 Å². The molecule has 3 aromatic rings. The molecule has 0 unspecified atom stereocenters. The van der Waals surface area contributed by atoms with E-state index < -0.39 is 22.8 Å². The number of benzene rings is 3. The molecule has 1 N–H and O–H groups in total. The number of nitro groups is 1. The lowest BCUT2D eigenvalue weighted by molar-refractivity contribution is -0.384. The predicted octanol–water partition coefficient (Wildman–Crippen LogP) is 5.78. The van der Waals surface area contributed by atoms with Crippen LogP contribution in [0.2, 0.25) is 0 Å². The van der Waals surface area contributed by atoms with Crippen molar-refractivity contribution in [3.63, 3.8) is 0 Å². The van der Waals surface area contributed by atoms with Gasteiger partial charge in [-0.1, -0.05) is 41.4 Å². The van der Waals surface area contributed by atoms with Crippen LogP contribution in [-0.2, 0) is 16.2 Å². The second-order valence-electron chi connectivity index (χ2n) is 8.55. The molecule has 3 aromatic carbocycles. The van der Waals surface area contributed by atoms with Gasteiger partial charge in [-0.2, -0.15) is 0 Å². The van der Waals surface area contributed by atoms with Crippen molar-refractivity contribution in [2.75, 3.05) is 11.5 Å². The van der Waals surface area contributed by atoms with Crippen molar-refractivity contribution in [2.24, 2.45) is 0 Å². The fourth-order valence-corrected chi connectivity index (χ4v) is 4.14. The number of barbiturate groups is 1. The highest BCUT2D eigenvalue weighted by Crippen LogP contribution is 2.29. The van der Waals surface area contributed by atoms with Crippen molar-refractivity contribution in [2.45, 2.75) is 26.4 Å². The molecule has 200 valence electrons. The molecule has 0 radical (unpaired) electrons. The van der Waals surface area contributed by atoms with E-state index in [1.54, 1.807) is 54.6 Å². The van der Waals surface area contributed by atoms with Gasteiger partial charge in [-0.25, -0.2) is 9.69 Å². The van der Waals surface area contributed by atoms with E-state index in [1.165, 1.54) is 18.2 Å². The first-order valence-electron chi connectivity index (χ1n) is 12.1. The first-order valence-corrected chi connectivity index (χ1v) is 12.9. The Morgan fingerprint density at radius 2 is 1.79 bits per heavy atom. The number of amides is 4. The predicted molar refractivity (Wildman–Crippen MR) is 147 cm³/mol. The number of rotatable bonds is 10. The number of carbonyl (C=O) groups excluding carboxylic acids is 3. The first kappa shape index (κ1) is 27.5. The van der Waals surface area contributed by atoms with Crippen LogP contribution in [0, 0.1) is 10.1 Å². The van der Waals surface area contributed by atoms with Crippen LogP contribution in [0.3, 0.4) is 0 Å². The minimum atomic E-state index is -0.863. The third-order valence-corrected chi connectivity index (χ3v) is 6.24. The Morgan fingerprint density at radius 3 is 2.51 bits per heavy atom. The van der Waals surface area contributed by atoms with E-state index >= 15 is 0 Å². The Kier molecular flexibility index (Phi) is 8.72. The average Bonchev–Trinajstić information content (AvgIpc) is 2.91. The zero-order chi connectivity index (χ0) is 27.9. The highest BCUT2D eigenvalue weighted by molar-refractivity contribution is 9.10. The van der Waals surface area contributed by atoms with Gasteiger partial charge in [0.15, 0.2) is 0 Å². The zero-order valence-corrected chi connectivity index (χ0v) is 22.5. The summed E-state index contributed by atoms with van der Waals surface area (Å²) in [5.41, 5.74) is 0.897. The van der Waals surface area contributed by atoms with E-state index in [4.69, 9.17) is 9.47 Å². The van der Waals surface area contributed by atoms with Gasteiger partial charge in [0.1, 0.15) is 23.7 Å². The number of imide groups is 2. The minimum Gasteiger partial charge on any atom is -0.494 e. The van der Waals surface area contributed by atoms with E-state index in [2.05, 4.69) is 28.2 Å². The lowest BCUT2D eigenvalue weighted by atomic mass is 10.1. The molecule has 0 aliphatic carbocycles. The van der Waals surface area contributed by atoms with Crippen LogP contribution < -0.4 is 19.7 Å². The van der Waals surface area contributed by atoms with Crippen LogP contribution in [0.1, 0.15) is 30.9 Å². The Bertz CT molecular complexity index is 1450. The Morgan fingerprint density at radius 1 is 1.03 bits per heavy atom. The van der Waals surface area contributed by atoms with E-state index in [0.717, 1.165) is 17.7 Å². The standard InChI is InChI=1S/C28H24BrN3O7/c1-2-3-13-38-23-10-8-21(9-11-23)31-27(34)24(26(33)30-28(31)35)16-19-15-20(29)7-12-25(19)39-17-18-5-4-6-22(14-18)32(36)37/h4-12,14-16H,2-3,13,17H2,1H3,(H,30,33,35)/b24-16-. The number of nitrogens with one attached hydrogen (secondary N) is 1. The number of nitrogens with zero attached hydrogens (tertiary/aromatic N) is 2. The van der Waals surface area contributed by atoms with Crippen molar-refractivity contribution >= 4 is 51.2 Å². The van der Waals surface area contributed by atoms with Crippen LogP contribution in [0.4, 0.5) is 16.2 Å². The van der Waals surface area contributed by atoms with Gasteiger partial charge in [-0.3, -0.25) is 25.0 Å². The summed E-state index contributed by atoms with van der Waals surface area (Å²) in [5.74, 6) is -0.711. The largest absolute Gasteiger partial charge is 0.494 e. The molecule has 10 nitrogen and oxygen atoms in total. The molecule has 0 saturated carbocycles. The van der Waals surface area contributed by atoms with Gasteiger partial charge in [-0.05, 0) is 60.5 Å². The quantitative estimate of drug-likeness (QED) is 0.104. The Labute approximate surface area is 232 Å². The number of hydrogen-bond acceptors (Lipinski definition) is 7. The van der Waals surface area contributed by atoms with Crippen molar-refractivity contribution in [3.05, 3.63) is 98.0 Å². The molecule has 1 saturated heterocycles. The average molecular weight is 594 g/mol. The Balaban J connectivity index is 1.59. The number of halogens is 1. The molecule has 4 amide bonds. The summed E-state index contributed by atoms with van der Waals surface area (Å²) < 4.78 is 12.2. The van der Waals surface area contributed by atoms with Gasteiger partial charge in [0.25, 0.3) is 17.5 Å². The zero-order valence-electron chi connectivity index (χ0n) is 20.9. The maximum atomic E-state index is 13.4.